The molecule has 212 valence electrons. The molecule has 35 heavy (non-hydrogen) atoms. The van der Waals surface area contributed by atoms with Crippen LogP contribution in [0.2, 0.25) is 12.1 Å². The summed E-state index contributed by atoms with van der Waals surface area (Å²) in [6.07, 6.45) is 7.06. The quantitative estimate of drug-likeness (QED) is 0.0476. The number of rotatable bonds is 28. The van der Waals surface area contributed by atoms with Gasteiger partial charge < -0.3 is 26.6 Å². The van der Waals surface area contributed by atoms with Crippen LogP contribution in [0.15, 0.2) is 0 Å². The second-order valence-electron chi connectivity index (χ2n) is 7.43. The molecule has 0 aliphatic carbocycles. The van der Waals surface area contributed by atoms with Crippen molar-refractivity contribution < 1.29 is 26.6 Å². The van der Waals surface area contributed by atoms with Crippen molar-refractivity contribution in [3.63, 3.8) is 0 Å². The minimum Gasteiger partial charge on any atom is -0.374 e. The third kappa shape index (κ3) is 19.6. The predicted molar refractivity (Wildman–Crippen MR) is 166 cm³/mol. The summed E-state index contributed by atoms with van der Waals surface area (Å²) in [6, 6.07) is 1.85. The monoisotopic (exact) mass is 626 g/mol. The Kier molecular flexibility index (Phi) is 27.6. The van der Waals surface area contributed by atoms with Crippen LogP contribution in [-0.2, 0) is 26.6 Å². The Balaban J connectivity index is 3.70. The van der Waals surface area contributed by atoms with Gasteiger partial charge in [0, 0.05) is 63.2 Å². The highest BCUT2D eigenvalue weighted by molar-refractivity contribution is 9.35. The van der Waals surface area contributed by atoms with Crippen LogP contribution in [0.4, 0.5) is 0 Å². The fraction of sp³-hybridized carbons (Fsp3) is 1.00. The van der Waals surface area contributed by atoms with Crippen molar-refractivity contribution in [3.8, 4) is 0 Å². The van der Waals surface area contributed by atoms with Crippen LogP contribution >= 0.6 is 51.1 Å². The highest BCUT2D eigenvalue weighted by atomic mass is 33.8. The zero-order chi connectivity index (χ0) is 26.1. The van der Waals surface area contributed by atoms with Crippen LogP contribution in [0.5, 0.6) is 0 Å². The van der Waals surface area contributed by atoms with Crippen LogP contribution in [0, 0.1) is 0 Å². The Labute approximate surface area is 237 Å². The molecule has 0 atom stereocenters. The van der Waals surface area contributed by atoms with Crippen LogP contribution in [0.25, 0.3) is 0 Å². The van der Waals surface area contributed by atoms with Crippen molar-refractivity contribution in [2.75, 3.05) is 51.1 Å². The molecule has 0 spiro atoms. The Hall–Kier alpha value is 1.94. The summed E-state index contributed by atoms with van der Waals surface area (Å²) < 4.78 is 35.6. The van der Waals surface area contributed by atoms with Crippen LogP contribution < -0.4 is 0 Å². The zero-order valence-electron chi connectivity index (χ0n) is 22.8. The Bertz CT molecular complexity index is 389. The lowest BCUT2D eigenvalue weighted by Crippen LogP contribution is -2.45. The summed E-state index contributed by atoms with van der Waals surface area (Å²) in [6.45, 7) is 16.0. The second kappa shape index (κ2) is 26.2. The van der Waals surface area contributed by atoms with Gasteiger partial charge in [0.25, 0.3) is 0 Å². The lowest BCUT2D eigenvalue weighted by molar-refractivity contribution is 0.0699. The average Bonchev–Trinajstić information content (AvgIpc) is 2.82. The third-order valence-electron chi connectivity index (χ3n) is 4.76. The molecule has 0 amide bonds. The molecule has 0 aromatic rings. The SMILES string of the molecule is CCO[Si](CCCCCSSSSSCCCCC[Si](OCC)(OCC)OCC)(OCC)OCC. The molecule has 0 aliphatic heterocycles. The molecule has 0 fully saturated rings. The molecule has 0 N–H and O–H groups in total. The topological polar surface area (TPSA) is 55.4 Å². The van der Waals surface area contributed by atoms with E-state index in [-0.39, 0.29) is 0 Å². The molecular weight excluding hydrogens is 577 g/mol. The first-order valence-electron chi connectivity index (χ1n) is 13.2. The predicted octanol–water partition coefficient (Wildman–Crippen LogP) is 8.75. The molecule has 0 radical (unpaired) electrons. The molecular formula is C22H50O6S5Si2. The Morgan fingerprint density at radius 2 is 0.714 bits per heavy atom. The number of unbranched alkanes of at least 4 members (excludes halogenated alkanes) is 4. The molecule has 0 unspecified atom stereocenters. The Morgan fingerprint density at radius 3 is 1.00 bits per heavy atom. The van der Waals surface area contributed by atoms with Crippen LogP contribution in [-0.4, -0.2) is 68.8 Å². The first-order valence-corrected chi connectivity index (χ1v) is 23.5. The van der Waals surface area contributed by atoms with Crippen LogP contribution in [0.3, 0.4) is 0 Å². The first-order chi connectivity index (χ1) is 17.1. The van der Waals surface area contributed by atoms with E-state index in [4.69, 9.17) is 26.6 Å². The maximum atomic E-state index is 5.93. The van der Waals surface area contributed by atoms with Gasteiger partial charge in [0.15, 0.2) is 0 Å². The second-order valence-corrected chi connectivity index (χ2v) is 20.9. The van der Waals surface area contributed by atoms with E-state index in [1.807, 2.05) is 92.6 Å². The highest BCUT2D eigenvalue weighted by Gasteiger charge is 2.40. The third-order valence-corrected chi connectivity index (χ3v) is 19.9. The van der Waals surface area contributed by atoms with Crippen molar-refractivity contribution in [3.05, 3.63) is 0 Å². The molecule has 0 aromatic carbocycles. The van der Waals surface area contributed by atoms with E-state index < -0.39 is 17.6 Å². The van der Waals surface area contributed by atoms with Gasteiger partial charge in [-0.3, -0.25) is 0 Å². The van der Waals surface area contributed by atoms with Gasteiger partial charge in [-0.1, -0.05) is 34.4 Å². The smallest absolute Gasteiger partial charge is 0.374 e. The molecule has 0 rings (SSSR count). The van der Waals surface area contributed by atoms with E-state index in [2.05, 4.69) is 0 Å². The molecule has 13 heteroatoms. The van der Waals surface area contributed by atoms with Gasteiger partial charge in [-0.25, -0.2) is 0 Å². The maximum absolute atomic E-state index is 5.93. The molecule has 0 aromatic heterocycles. The van der Waals surface area contributed by atoms with E-state index in [1.54, 1.807) is 0 Å². The van der Waals surface area contributed by atoms with Crippen molar-refractivity contribution in [2.24, 2.45) is 0 Å². The summed E-state index contributed by atoms with van der Waals surface area (Å²) in [5.41, 5.74) is 0. The fourth-order valence-electron chi connectivity index (χ4n) is 3.48. The van der Waals surface area contributed by atoms with Gasteiger partial charge in [0.1, 0.15) is 0 Å². The van der Waals surface area contributed by atoms with Gasteiger partial charge in [0.05, 0.1) is 0 Å². The van der Waals surface area contributed by atoms with E-state index in [9.17, 15) is 0 Å². The normalized spacial score (nSPS) is 12.5. The van der Waals surface area contributed by atoms with E-state index in [1.165, 1.54) is 37.2 Å². The summed E-state index contributed by atoms with van der Waals surface area (Å²) in [5.74, 6) is 2.36. The molecule has 0 saturated carbocycles. The lowest BCUT2D eigenvalue weighted by Gasteiger charge is -2.28. The van der Waals surface area contributed by atoms with Gasteiger partial charge >= 0.3 is 17.6 Å². The highest BCUT2D eigenvalue weighted by Crippen LogP contribution is 2.48. The fourth-order valence-corrected chi connectivity index (χ4v) is 17.9. The standard InChI is InChI=1S/C22H50O6S5Si2/c1-7-23-34(24-8-2,25-9-3)21-17-13-15-19-29-31-33-32-30-20-16-14-18-22-35(26-10-4,27-11-5)28-12-6/h7-22H2,1-6H3. The minimum absolute atomic E-state index is 0.656. The van der Waals surface area contributed by atoms with Crippen molar-refractivity contribution in [2.45, 2.75) is 92.2 Å². The molecule has 0 aliphatic rings. The summed E-state index contributed by atoms with van der Waals surface area (Å²) in [5, 5.41) is 0. The summed E-state index contributed by atoms with van der Waals surface area (Å²) in [7, 11) is 4.67. The van der Waals surface area contributed by atoms with Crippen molar-refractivity contribution >= 4 is 68.7 Å². The van der Waals surface area contributed by atoms with E-state index in [0.29, 0.717) is 39.6 Å². The molecule has 6 nitrogen and oxygen atoms in total. The minimum atomic E-state index is -2.46. The average molecular weight is 627 g/mol. The largest absolute Gasteiger partial charge is 0.500 e. The first kappa shape index (κ1) is 36.9. The number of hydrogen-bond acceptors (Lipinski definition) is 11. The van der Waals surface area contributed by atoms with Gasteiger partial charge in [-0.2, -0.15) is 0 Å². The summed E-state index contributed by atoms with van der Waals surface area (Å²) >= 11 is 0. The maximum Gasteiger partial charge on any atom is 0.500 e. The van der Waals surface area contributed by atoms with Gasteiger partial charge in [0.2, 0.25) is 0 Å². The molecule has 0 heterocycles. The van der Waals surface area contributed by atoms with E-state index >= 15 is 0 Å². The lowest BCUT2D eigenvalue weighted by atomic mass is 10.3. The Morgan fingerprint density at radius 1 is 0.400 bits per heavy atom. The van der Waals surface area contributed by atoms with E-state index in [0.717, 1.165) is 24.9 Å². The van der Waals surface area contributed by atoms with Crippen molar-refractivity contribution in [1.29, 1.82) is 0 Å². The molecule has 0 bridgehead atoms. The van der Waals surface area contributed by atoms with Crippen molar-refractivity contribution in [1.82, 2.24) is 0 Å². The summed E-state index contributed by atoms with van der Waals surface area (Å²) in [4.78, 5) is 0. The zero-order valence-corrected chi connectivity index (χ0v) is 28.9. The number of hydrogen-bond donors (Lipinski definition) is 0. The van der Waals surface area contributed by atoms with Gasteiger partial charge in [-0.05, 0) is 96.7 Å². The van der Waals surface area contributed by atoms with Crippen LogP contribution in [0.1, 0.15) is 80.1 Å². The molecule has 0 saturated heterocycles. The van der Waals surface area contributed by atoms with Gasteiger partial charge in [-0.15, -0.1) is 0 Å².